The number of hydrogen-bond acceptors (Lipinski definition) is 4. The Balaban J connectivity index is 2.53. The summed E-state index contributed by atoms with van der Waals surface area (Å²) >= 11 is 5.86. The SMILES string of the molecule is CN(C)C=Cc1cc(Cl)nn2cnnc12. The Morgan fingerprint density at radius 1 is 1.47 bits per heavy atom. The minimum absolute atomic E-state index is 0.417. The maximum atomic E-state index is 5.86. The van der Waals surface area contributed by atoms with Crippen molar-refractivity contribution >= 4 is 23.3 Å². The van der Waals surface area contributed by atoms with Gasteiger partial charge in [-0.3, -0.25) is 0 Å². The topological polar surface area (TPSA) is 46.3 Å². The summed E-state index contributed by atoms with van der Waals surface area (Å²) in [5, 5.41) is 12.2. The molecule has 2 heterocycles. The fraction of sp³-hybridized carbons (Fsp3) is 0.222. The molecule has 6 heteroatoms. The van der Waals surface area contributed by atoms with Crippen molar-refractivity contribution in [3.05, 3.63) is 29.3 Å². The van der Waals surface area contributed by atoms with E-state index in [-0.39, 0.29) is 0 Å². The molecule has 0 bridgehead atoms. The Labute approximate surface area is 92.0 Å². The van der Waals surface area contributed by atoms with Gasteiger partial charge in [0, 0.05) is 19.7 Å². The fourth-order valence-corrected chi connectivity index (χ4v) is 1.37. The molecule has 0 aliphatic carbocycles. The first-order chi connectivity index (χ1) is 7.16. The molecule has 0 saturated heterocycles. The molecule has 2 rings (SSSR count). The summed E-state index contributed by atoms with van der Waals surface area (Å²) < 4.78 is 1.55. The van der Waals surface area contributed by atoms with Gasteiger partial charge in [0.05, 0.1) is 0 Å². The zero-order chi connectivity index (χ0) is 10.8. The van der Waals surface area contributed by atoms with Crippen LogP contribution < -0.4 is 0 Å². The second-order valence-corrected chi connectivity index (χ2v) is 3.69. The summed E-state index contributed by atoms with van der Waals surface area (Å²) in [4.78, 5) is 1.93. The monoisotopic (exact) mass is 223 g/mol. The number of fused-ring (bicyclic) bond motifs is 1. The summed E-state index contributed by atoms with van der Waals surface area (Å²) in [7, 11) is 3.89. The van der Waals surface area contributed by atoms with E-state index in [2.05, 4.69) is 15.3 Å². The van der Waals surface area contributed by atoms with Gasteiger partial charge in [0.25, 0.3) is 0 Å². The molecule has 0 atom stereocenters. The molecule has 78 valence electrons. The lowest BCUT2D eigenvalue weighted by Crippen LogP contribution is -2.00. The van der Waals surface area contributed by atoms with Crippen LogP contribution in [0.3, 0.4) is 0 Å². The molecule has 0 spiro atoms. The first-order valence-electron chi connectivity index (χ1n) is 4.38. The zero-order valence-corrected chi connectivity index (χ0v) is 9.18. The van der Waals surface area contributed by atoms with Crippen LogP contribution in [-0.4, -0.2) is 38.8 Å². The molecule has 0 amide bonds. The summed E-state index contributed by atoms with van der Waals surface area (Å²) in [6.45, 7) is 0. The Bertz CT molecular complexity index is 502. The summed E-state index contributed by atoms with van der Waals surface area (Å²) in [5.74, 6) is 0. The maximum absolute atomic E-state index is 5.86. The van der Waals surface area contributed by atoms with Crippen LogP contribution in [0.15, 0.2) is 18.6 Å². The van der Waals surface area contributed by atoms with Crippen LogP contribution in [0.5, 0.6) is 0 Å². The molecule has 0 fully saturated rings. The first kappa shape index (κ1) is 9.92. The predicted octanol–water partition coefficient (Wildman–Crippen LogP) is 1.31. The molecule has 0 saturated carbocycles. The molecule has 0 N–H and O–H groups in total. The van der Waals surface area contributed by atoms with Gasteiger partial charge in [0.2, 0.25) is 0 Å². The highest BCUT2D eigenvalue weighted by atomic mass is 35.5. The van der Waals surface area contributed by atoms with Crippen LogP contribution in [0.1, 0.15) is 5.56 Å². The van der Waals surface area contributed by atoms with Gasteiger partial charge in [0.15, 0.2) is 10.8 Å². The first-order valence-corrected chi connectivity index (χ1v) is 4.76. The Morgan fingerprint density at radius 3 is 3.00 bits per heavy atom. The molecule has 2 aromatic rings. The number of halogens is 1. The third-order valence-electron chi connectivity index (χ3n) is 1.82. The van der Waals surface area contributed by atoms with Gasteiger partial charge >= 0.3 is 0 Å². The van der Waals surface area contributed by atoms with Crippen LogP contribution in [0.4, 0.5) is 0 Å². The molecule has 15 heavy (non-hydrogen) atoms. The van der Waals surface area contributed by atoms with Crippen LogP contribution in [0, 0.1) is 0 Å². The molecule has 0 radical (unpaired) electrons. The molecule has 2 aromatic heterocycles. The number of aromatic nitrogens is 4. The highest BCUT2D eigenvalue weighted by Crippen LogP contribution is 2.13. The van der Waals surface area contributed by atoms with Crippen molar-refractivity contribution in [3.63, 3.8) is 0 Å². The highest BCUT2D eigenvalue weighted by molar-refractivity contribution is 6.29. The van der Waals surface area contributed by atoms with Gasteiger partial charge in [-0.05, 0) is 18.3 Å². The van der Waals surface area contributed by atoms with Crippen molar-refractivity contribution in [1.29, 1.82) is 0 Å². The lowest BCUT2D eigenvalue weighted by molar-refractivity contribution is 0.567. The van der Waals surface area contributed by atoms with Crippen LogP contribution in [0.2, 0.25) is 5.15 Å². The zero-order valence-electron chi connectivity index (χ0n) is 8.42. The number of rotatable bonds is 2. The van der Waals surface area contributed by atoms with E-state index in [1.807, 2.05) is 31.3 Å². The molecule has 0 aromatic carbocycles. The Morgan fingerprint density at radius 2 is 2.27 bits per heavy atom. The van der Waals surface area contributed by atoms with E-state index in [0.717, 1.165) is 5.56 Å². The normalized spacial score (nSPS) is 11.4. The molecule has 5 nitrogen and oxygen atoms in total. The van der Waals surface area contributed by atoms with Crippen molar-refractivity contribution < 1.29 is 0 Å². The van der Waals surface area contributed by atoms with E-state index >= 15 is 0 Å². The number of hydrogen-bond donors (Lipinski definition) is 0. The van der Waals surface area contributed by atoms with Crippen LogP contribution in [-0.2, 0) is 0 Å². The standard InChI is InChI=1S/C9H10ClN5/c1-14(2)4-3-7-5-8(10)13-15-6-11-12-9(7)15/h3-6H,1-2H3. The van der Waals surface area contributed by atoms with Crippen molar-refractivity contribution in [1.82, 2.24) is 24.7 Å². The van der Waals surface area contributed by atoms with E-state index in [4.69, 9.17) is 11.6 Å². The minimum Gasteiger partial charge on any atom is -0.383 e. The third kappa shape index (κ3) is 2.07. The Hall–Kier alpha value is -1.62. The van der Waals surface area contributed by atoms with Crippen molar-refractivity contribution in [2.45, 2.75) is 0 Å². The van der Waals surface area contributed by atoms with E-state index in [1.165, 1.54) is 6.33 Å². The molecule has 0 aliphatic heterocycles. The van der Waals surface area contributed by atoms with E-state index in [9.17, 15) is 0 Å². The van der Waals surface area contributed by atoms with Crippen LogP contribution >= 0.6 is 11.6 Å². The summed E-state index contributed by atoms with van der Waals surface area (Å²) in [6.07, 6.45) is 5.35. The maximum Gasteiger partial charge on any atom is 0.184 e. The quantitative estimate of drug-likeness (QED) is 0.770. The molecule has 0 aliphatic rings. The van der Waals surface area contributed by atoms with Gasteiger partial charge in [-0.1, -0.05) is 11.6 Å². The van der Waals surface area contributed by atoms with E-state index in [0.29, 0.717) is 10.8 Å². The Kier molecular flexibility index (Phi) is 2.55. The van der Waals surface area contributed by atoms with Gasteiger partial charge in [0.1, 0.15) is 6.33 Å². The van der Waals surface area contributed by atoms with Crippen molar-refractivity contribution in [3.8, 4) is 0 Å². The second kappa shape index (κ2) is 3.86. The van der Waals surface area contributed by atoms with E-state index in [1.54, 1.807) is 10.6 Å². The average molecular weight is 224 g/mol. The smallest absolute Gasteiger partial charge is 0.184 e. The van der Waals surface area contributed by atoms with Gasteiger partial charge in [-0.2, -0.15) is 9.61 Å². The van der Waals surface area contributed by atoms with Crippen LogP contribution in [0.25, 0.3) is 11.7 Å². The average Bonchev–Trinajstić information content (AvgIpc) is 2.61. The van der Waals surface area contributed by atoms with Crippen molar-refractivity contribution in [2.24, 2.45) is 0 Å². The van der Waals surface area contributed by atoms with Gasteiger partial charge < -0.3 is 4.90 Å². The van der Waals surface area contributed by atoms with Crippen molar-refractivity contribution in [2.75, 3.05) is 14.1 Å². The highest BCUT2D eigenvalue weighted by Gasteiger charge is 2.03. The van der Waals surface area contributed by atoms with Gasteiger partial charge in [-0.25, -0.2) is 0 Å². The summed E-state index contributed by atoms with van der Waals surface area (Å²) in [6, 6.07) is 1.76. The minimum atomic E-state index is 0.417. The molecular formula is C9H10ClN5. The predicted molar refractivity (Wildman–Crippen MR) is 58.5 cm³/mol. The third-order valence-corrected chi connectivity index (χ3v) is 2.00. The van der Waals surface area contributed by atoms with Gasteiger partial charge in [-0.15, -0.1) is 10.2 Å². The second-order valence-electron chi connectivity index (χ2n) is 3.30. The summed E-state index contributed by atoms with van der Waals surface area (Å²) in [5.41, 5.74) is 1.58. The number of nitrogens with zero attached hydrogens (tertiary/aromatic N) is 5. The molecule has 0 unspecified atom stereocenters. The largest absolute Gasteiger partial charge is 0.383 e. The molecular weight excluding hydrogens is 214 g/mol. The van der Waals surface area contributed by atoms with E-state index < -0.39 is 0 Å². The lowest BCUT2D eigenvalue weighted by Gasteiger charge is -2.03. The fourth-order valence-electron chi connectivity index (χ4n) is 1.17. The lowest BCUT2D eigenvalue weighted by atomic mass is 10.3.